The molecule has 66 valence electrons. The average Bonchev–Trinajstić information content (AvgIpc) is 2.33. The highest BCUT2D eigenvalue weighted by Gasteiger charge is 2.14. The first-order chi connectivity index (χ1) is 5.27. The Morgan fingerprint density at radius 3 is 2.92 bits per heavy atom. The highest BCUT2D eigenvalue weighted by atomic mass is 35.5. The van der Waals surface area contributed by atoms with Crippen molar-refractivity contribution in [3.8, 4) is 0 Å². The van der Waals surface area contributed by atoms with Gasteiger partial charge in [0.25, 0.3) is 0 Å². The molecule has 12 heavy (non-hydrogen) atoms. The highest BCUT2D eigenvalue weighted by Crippen LogP contribution is 2.28. The Bertz CT molecular complexity index is 286. The lowest BCUT2D eigenvalue weighted by molar-refractivity contribution is 0.956. The first-order valence-electron chi connectivity index (χ1n) is 3.87. The number of likely N-dealkylation sites (N-methyl/N-ethyl adjacent to an activating group) is 1. The molecule has 0 radical (unpaired) electrons. The van der Waals surface area contributed by atoms with E-state index in [1.807, 2.05) is 12.1 Å². The summed E-state index contributed by atoms with van der Waals surface area (Å²) in [4.78, 5) is 2.24. The van der Waals surface area contributed by atoms with E-state index >= 15 is 0 Å². The molecule has 0 spiro atoms. The lowest BCUT2D eigenvalue weighted by Crippen LogP contribution is -2.12. The molecule has 1 aromatic carbocycles. The second kappa shape index (κ2) is 3.23. The second-order valence-corrected chi connectivity index (χ2v) is 3.06. The maximum Gasteiger partial charge on any atom is 0.0417 e. The van der Waals surface area contributed by atoms with E-state index in [2.05, 4.69) is 18.0 Å². The number of halogens is 1. The molecule has 0 amide bonds. The van der Waals surface area contributed by atoms with Crippen molar-refractivity contribution in [2.45, 2.75) is 6.42 Å². The van der Waals surface area contributed by atoms with Gasteiger partial charge in [0, 0.05) is 25.0 Å². The van der Waals surface area contributed by atoms with Crippen LogP contribution < -0.4 is 10.6 Å². The maximum atomic E-state index is 5.67. The van der Waals surface area contributed by atoms with E-state index in [0.717, 1.165) is 18.7 Å². The van der Waals surface area contributed by atoms with Crippen molar-refractivity contribution >= 4 is 23.8 Å². The van der Waals surface area contributed by atoms with Gasteiger partial charge in [-0.2, -0.15) is 0 Å². The normalized spacial score (nSPS) is 13.9. The molecule has 2 rings (SSSR count). The molecule has 0 fully saturated rings. The van der Waals surface area contributed by atoms with Crippen LogP contribution in [-0.4, -0.2) is 13.6 Å². The van der Waals surface area contributed by atoms with Gasteiger partial charge < -0.3 is 10.6 Å². The SMILES string of the molecule is CN1CCc2ccc(N)cc21.Cl. The summed E-state index contributed by atoms with van der Waals surface area (Å²) in [6, 6.07) is 6.13. The van der Waals surface area contributed by atoms with Gasteiger partial charge in [0.1, 0.15) is 0 Å². The number of rotatable bonds is 0. The minimum absolute atomic E-state index is 0. The maximum absolute atomic E-state index is 5.67. The molecule has 3 heteroatoms. The summed E-state index contributed by atoms with van der Waals surface area (Å²) < 4.78 is 0. The molecule has 0 aliphatic carbocycles. The lowest BCUT2D eigenvalue weighted by atomic mass is 10.1. The summed E-state index contributed by atoms with van der Waals surface area (Å²) in [6.07, 6.45) is 1.16. The van der Waals surface area contributed by atoms with Crippen LogP contribution in [0, 0.1) is 0 Å². The lowest BCUT2D eigenvalue weighted by Gasteiger charge is -2.11. The van der Waals surface area contributed by atoms with Crippen LogP contribution in [0.25, 0.3) is 0 Å². The Morgan fingerprint density at radius 1 is 1.42 bits per heavy atom. The van der Waals surface area contributed by atoms with Crippen LogP contribution in [0.2, 0.25) is 0 Å². The van der Waals surface area contributed by atoms with Gasteiger partial charge >= 0.3 is 0 Å². The van der Waals surface area contributed by atoms with Crippen molar-refractivity contribution in [1.29, 1.82) is 0 Å². The molecule has 0 unspecified atom stereocenters. The number of fused-ring (bicyclic) bond motifs is 1. The zero-order chi connectivity index (χ0) is 7.84. The summed E-state index contributed by atoms with van der Waals surface area (Å²) in [5.41, 5.74) is 9.24. The molecule has 0 aromatic heterocycles. The van der Waals surface area contributed by atoms with E-state index in [1.54, 1.807) is 0 Å². The van der Waals surface area contributed by atoms with Crippen molar-refractivity contribution in [3.63, 3.8) is 0 Å². The number of nitrogen functional groups attached to an aromatic ring is 1. The van der Waals surface area contributed by atoms with Gasteiger partial charge in [-0.15, -0.1) is 12.4 Å². The molecular weight excluding hydrogens is 172 g/mol. The topological polar surface area (TPSA) is 29.3 Å². The number of benzene rings is 1. The summed E-state index contributed by atoms with van der Waals surface area (Å²) in [5, 5.41) is 0. The summed E-state index contributed by atoms with van der Waals surface area (Å²) >= 11 is 0. The van der Waals surface area contributed by atoms with Gasteiger partial charge in [-0.25, -0.2) is 0 Å². The van der Waals surface area contributed by atoms with Gasteiger partial charge in [-0.05, 0) is 24.1 Å². The highest BCUT2D eigenvalue weighted by molar-refractivity contribution is 5.85. The fourth-order valence-corrected chi connectivity index (χ4v) is 1.56. The summed E-state index contributed by atoms with van der Waals surface area (Å²) in [5.74, 6) is 0. The Kier molecular flexibility index (Phi) is 2.48. The molecule has 1 aromatic rings. The molecule has 1 aliphatic rings. The van der Waals surface area contributed by atoms with Crippen LogP contribution >= 0.6 is 12.4 Å². The van der Waals surface area contributed by atoms with Crippen LogP contribution in [0.15, 0.2) is 18.2 Å². The predicted octanol–water partition coefficient (Wildman–Crippen LogP) is 1.68. The van der Waals surface area contributed by atoms with Crippen LogP contribution in [0.5, 0.6) is 0 Å². The minimum Gasteiger partial charge on any atom is -0.399 e. The van der Waals surface area contributed by atoms with E-state index in [0.29, 0.717) is 0 Å². The summed E-state index contributed by atoms with van der Waals surface area (Å²) in [7, 11) is 2.10. The van der Waals surface area contributed by atoms with E-state index in [1.165, 1.54) is 11.3 Å². The Balaban J connectivity index is 0.000000720. The molecule has 1 heterocycles. The first kappa shape index (κ1) is 9.20. The number of hydrogen-bond donors (Lipinski definition) is 1. The predicted molar refractivity (Wildman–Crippen MR) is 55.1 cm³/mol. The van der Waals surface area contributed by atoms with E-state index in [4.69, 9.17) is 5.73 Å². The third-order valence-corrected chi connectivity index (χ3v) is 2.24. The second-order valence-electron chi connectivity index (χ2n) is 3.06. The Morgan fingerprint density at radius 2 is 2.17 bits per heavy atom. The van der Waals surface area contributed by atoms with E-state index < -0.39 is 0 Å². The van der Waals surface area contributed by atoms with Crippen molar-refractivity contribution in [2.75, 3.05) is 24.2 Å². The van der Waals surface area contributed by atoms with Crippen molar-refractivity contribution < 1.29 is 0 Å². The number of anilines is 2. The van der Waals surface area contributed by atoms with Gasteiger partial charge in [0.15, 0.2) is 0 Å². The van der Waals surface area contributed by atoms with Crippen LogP contribution in [0.1, 0.15) is 5.56 Å². The molecular formula is C9H13ClN2. The smallest absolute Gasteiger partial charge is 0.0417 e. The van der Waals surface area contributed by atoms with Gasteiger partial charge in [-0.1, -0.05) is 6.07 Å². The molecule has 0 saturated carbocycles. The van der Waals surface area contributed by atoms with Crippen molar-refractivity contribution in [2.24, 2.45) is 0 Å². The van der Waals surface area contributed by atoms with Crippen LogP contribution in [-0.2, 0) is 6.42 Å². The molecule has 1 aliphatic heterocycles. The Labute approximate surface area is 78.8 Å². The van der Waals surface area contributed by atoms with Gasteiger partial charge in [0.05, 0.1) is 0 Å². The van der Waals surface area contributed by atoms with Crippen LogP contribution in [0.3, 0.4) is 0 Å². The number of nitrogens with two attached hydrogens (primary N) is 1. The van der Waals surface area contributed by atoms with Gasteiger partial charge in [0.2, 0.25) is 0 Å². The van der Waals surface area contributed by atoms with Crippen molar-refractivity contribution in [3.05, 3.63) is 23.8 Å². The third kappa shape index (κ3) is 1.34. The molecule has 0 saturated heterocycles. The standard InChI is InChI=1S/C9H12N2.ClH/c1-11-5-4-7-2-3-8(10)6-9(7)11;/h2-3,6H,4-5,10H2,1H3;1H. The fraction of sp³-hybridized carbons (Fsp3) is 0.333. The average molecular weight is 185 g/mol. The zero-order valence-electron chi connectivity index (χ0n) is 7.08. The minimum atomic E-state index is 0. The van der Waals surface area contributed by atoms with Crippen LogP contribution in [0.4, 0.5) is 11.4 Å². The third-order valence-electron chi connectivity index (χ3n) is 2.24. The Hall–Kier alpha value is -0.890. The fourth-order valence-electron chi connectivity index (χ4n) is 1.56. The molecule has 0 bridgehead atoms. The summed E-state index contributed by atoms with van der Waals surface area (Å²) in [6.45, 7) is 1.12. The van der Waals surface area contributed by atoms with E-state index in [-0.39, 0.29) is 12.4 Å². The molecule has 2 nitrogen and oxygen atoms in total. The number of hydrogen-bond acceptors (Lipinski definition) is 2. The van der Waals surface area contributed by atoms with Crippen molar-refractivity contribution in [1.82, 2.24) is 0 Å². The molecule has 0 atom stereocenters. The quantitative estimate of drug-likeness (QED) is 0.622. The van der Waals surface area contributed by atoms with Gasteiger partial charge in [-0.3, -0.25) is 0 Å². The monoisotopic (exact) mass is 184 g/mol. The first-order valence-corrected chi connectivity index (χ1v) is 3.87. The molecule has 2 N–H and O–H groups in total. The number of nitrogens with zero attached hydrogens (tertiary/aromatic N) is 1. The van der Waals surface area contributed by atoms with E-state index in [9.17, 15) is 0 Å². The zero-order valence-corrected chi connectivity index (χ0v) is 7.90. The largest absolute Gasteiger partial charge is 0.399 e.